The van der Waals surface area contributed by atoms with Crippen molar-refractivity contribution in [1.82, 2.24) is 0 Å². The quantitative estimate of drug-likeness (QED) is 0.757. The Morgan fingerprint density at radius 3 is 2.73 bits per heavy atom. The number of fused-ring (bicyclic) bond motifs is 2. The van der Waals surface area contributed by atoms with Gasteiger partial charge in [0.15, 0.2) is 0 Å². The van der Waals surface area contributed by atoms with Crippen LogP contribution in [0.3, 0.4) is 0 Å². The van der Waals surface area contributed by atoms with E-state index in [1.54, 1.807) is 0 Å². The van der Waals surface area contributed by atoms with E-state index < -0.39 is 0 Å². The van der Waals surface area contributed by atoms with E-state index in [0.29, 0.717) is 0 Å². The van der Waals surface area contributed by atoms with Crippen LogP contribution in [0.5, 0.6) is 0 Å². The number of nitrogens with two attached hydrogens (primary N) is 1. The minimum atomic E-state index is -0.00481. The molecule has 3 aliphatic rings. The van der Waals surface area contributed by atoms with Gasteiger partial charge in [-0.1, -0.05) is 6.42 Å². The fraction of sp³-hybridized carbons (Fsp3) is 1.00. The Balaban J connectivity index is 1.65. The molecule has 5 atom stereocenters. The largest absolute Gasteiger partial charge is 0.377 e. The van der Waals surface area contributed by atoms with Gasteiger partial charge in [0.1, 0.15) is 0 Å². The third kappa shape index (κ3) is 1.62. The van der Waals surface area contributed by atoms with Gasteiger partial charge in [0.25, 0.3) is 0 Å². The van der Waals surface area contributed by atoms with Gasteiger partial charge in [-0.25, -0.2) is 0 Å². The maximum atomic E-state index is 6.49. The molecule has 2 heteroatoms. The molecule has 0 aromatic heterocycles. The number of ether oxygens (including phenoxy) is 1. The van der Waals surface area contributed by atoms with E-state index in [1.165, 1.54) is 32.1 Å². The first-order valence-corrected chi connectivity index (χ1v) is 6.58. The molecule has 5 unspecified atom stereocenters. The Bertz CT molecular complexity index is 255. The van der Waals surface area contributed by atoms with E-state index in [4.69, 9.17) is 10.5 Å². The molecule has 2 N–H and O–H groups in total. The predicted molar refractivity (Wildman–Crippen MR) is 60.5 cm³/mol. The monoisotopic (exact) mass is 209 g/mol. The maximum Gasteiger partial charge on any atom is 0.0727 e. The van der Waals surface area contributed by atoms with Crippen molar-refractivity contribution in [1.29, 1.82) is 0 Å². The van der Waals surface area contributed by atoms with Crippen LogP contribution in [0.25, 0.3) is 0 Å². The van der Waals surface area contributed by atoms with Crippen LogP contribution in [-0.2, 0) is 4.74 Å². The molecule has 0 aromatic rings. The highest BCUT2D eigenvalue weighted by Gasteiger charge is 2.46. The van der Waals surface area contributed by atoms with Gasteiger partial charge in [-0.3, -0.25) is 0 Å². The normalized spacial score (nSPS) is 54.0. The van der Waals surface area contributed by atoms with Crippen LogP contribution >= 0.6 is 0 Å². The molecule has 1 saturated heterocycles. The number of rotatable bonds is 2. The highest BCUT2D eigenvalue weighted by atomic mass is 16.5. The molecule has 2 nitrogen and oxygen atoms in total. The zero-order valence-corrected chi connectivity index (χ0v) is 9.74. The first-order valence-electron chi connectivity index (χ1n) is 6.58. The SMILES string of the molecule is CC1OCCC1(N)CC1CC2CCC1C2. The van der Waals surface area contributed by atoms with Crippen LogP contribution in [0.15, 0.2) is 0 Å². The summed E-state index contributed by atoms with van der Waals surface area (Å²) in [6.07, 6.45) is 8.48. The standard InChI is InChI=1S/C13H23NO/c1-9-13(14,4-5-15-9)8-12-7-10-2-3-11(12)6-10/h9-12H,2-8,14H2,1H3. The van der Waals surface area contributed by atoms with Crippen LogP contribution in [0.4, 0.5) is 0 Å². The summed E-state index contributed by atoms with van der Waals surface area (Å²) < 4.78 is 5.63. The zero-order valence-electron chi connectivity index (χ0n) is 9.74. The lowest BCUT2D eigenvalue weighted by Crippen LogP contribution is -2.48. The molecule has 15 heavy (non-hydrogen) atoms. The van der Waals surface area contributed by atoms with Gasteiger partial charge in [-0.15, -0.1) is 0 Å². The molecule has 0 aromatic carbocycles. The van der Waals surface area contributed by atoms with Crippen molar-refractivity contribution in [2.24, 2.45) is 23.5 Å². The van der Waals surface area contributed by atoms with Gasteiger partial charge < -0.3 is 10.5 Å². The molecule has 2 aliphatic carbocycles. The van der Waals surface area contributed by atoms with Crippen molar-refractivity contribution in [3.63, 3.8) is 0 Å². The Labute approximate surface area is 92.6 Å². The molecule has 1 aliphatic heterocycles. The lowest BCUT2D eigenvalue weighted by atomic mass is 9.76. The van der Waals surface area contributed by atoms with E-state index in [0.717, 1.165) is 30.8 Å². The lowest BCUT2D eigenvalue weighted by Gasteiger charge is -2.33. The summed E-state index contributed by atoms with van der Waals surface area (Å²) in [6.45, 7) is 3.03. The highest BCUT2D eigenvalue weighted by molar-refractivity contribution is 5.00. The molecule has 2 saturated carbocycles. The summed E-state index contributed by atoms with van der Waals surface area (Å²) in [5.41, 5.74) is 6.48. The molecular formula is C13H23NO. The summed E-state index contributed by atoms with van der Waals surface area (Å²) in [5.74, 6) is 2.96. The molecule has 3 fully saturated rings. The Hall–Kier alpha value is -0.0800. The summed E-state index contributed by atoms with van der Waals surface area (Å²) in [4.78, 5) is 0. The van der Waals surface area contributed by atoms with E-state index >= 15 is 0 Å². The second-order valence-electron chi connectivity index (χ2n) is 6.14. The van der Waals surface area contributed by atoms with E-state index in [2.05, 4.69) is 6.92 Å². The number of hydrogen-bond donors (Lipinski definition) is 1. The van der Waals surface area contributed by atoms with Gasteiger partial charge in [0.2, 0.25) is 0 Å². The smallest absolute Gasteiger partial charge is 0.0727 e. The van der Waals surface area contributed by atoms with Crippen LogP contribution in [-0.4, -0.2) is 18.2 Å². The van der Waals surface area contributed by atoms with E-state index in [9.17, 15) is 0 Å². The Morgan fingerprint density at radius 2 is 2.20 bits per heavy atom. The minimum absolute atomic E-state index is 0.00481. The van der Waals surface area contributed by atoms with Crippen molar-refractivity contribution < 1.29 is 4.74 Å². The average molecular weight is 209 g/mol. The molecule has 0 amide bonds. The summed E-state index contributed by atoms with van der Waals surface area (Å²) in [6, 6.07) is 0. The van der Waals surface area contributed by atoms with Crippen molar-refractivity contribution in [2.75, 3.05) is 6.61 Å². The van der Waals surface area contributed by atoms with Crippen molar-refractivity contribution in [3.05, 3.63) is 0 Å². The van der Waals surface area contributed by atoms with Crippen LogP contribution in [0, 0.1) is 17.8 Å². The topological polar surface area (TPSA) is 35.2 Å². The molecular weight excluding hydrogens is 186 g/mol. The molecule has 0 radical (unpaired) electrons. The fourth-order valence-electron chi connectivity index (χ4n) is 4.18. The minimum Gasteiger partial charge on any atom is -0.377 e. The van der Waals surface area contributed by atoms with Crippen LogP contribution < -0.4 is 5.73 Å². The Morgan fingerprint density at radius 1 is 1.33 bits per heavy atom. The van der Waals surface area contributed by atoms with Gasteiger partial charge in [-0.05, 0) is 56.8 Å². The van der Waals surface area contributed by atoms with Gasteiger partial charge in [0, 0.05) is 12.1 Å². The third-order valence-electron chi connectivity index (χ3n) is 5.27. The van der Waals surface area contributed by atoms with Crippen molar-refractivity contribution in [2.45, 2.75) is 57.1 Å². The molecule has 1 heterocycles. The number of hydrogen-bond acceptors (Lipinski definition) is 2. The predicted octanol–water partition coefficient (Wildman–Crippen LogP) is 2.32. The molecule has 3 rings (SSSR count). The van der Waals surface area contributed by atoms with Crippen molar-refractivity contribution in [3.8, 4) is 0 Å². The fourth-order valence-corrected chi connectivity index (χ4v) is 4.18. The second-order valence-corrected chi connectivity index (χ2v) is 6.14. The summed E-state index contributed by atoms with van der Waals surface area (Å²) in [5, 5.41) is 0. The van der Waals surface area contributed by atoms with E-state index in [-0.39, 0.29) is 11.6 Å². The van der Waals surface area contributed by atoms with Gasteiger partial charge in [0.05, 0.1) is 6.10 Å². The zero-order chi connectivity index (χ0) is 10.5. The maximum absolute atomic E-state index is 6.49. The third-order valence-corrected chi connectivity index (χ3v) is 5.27. The summed E-state index contributed by atoms with van der Waals surface area (Å²) in [7, 11) is 0. The lowest BCUT2D eigenvalue weighted by molar-refractivity contribution is 0.0826. The van der Waals surface area contributed by atoms with Gasteiger partial charge >= 0.3 is 0 Å². The molecule has 2 bridgehead atoms. The molecule has 86 valence electrons. The van der Waals surface area contributed by atoms with Crippen LogP contribution in [0.2, 0.25) is 0 Å². The second kappa shape index (κ2) is 3.46. The van der Waals surface area contributed by atoms with Crippen molar-refractivity contribution >= 4 is 0 Å². The summed E-state index contributed by atoms with van der Waals surface area (Å²) >= 11 is 0. The first kappa shape index (κ1) is 10.1. The Kier molecular flexibility index (Phi) is 2.33. The first-order chi connectivity index (χ1) is 7.17. The highest BCUT2D eigenvalue weighted by Crippen LogP contribution is 2.51. The van der Waals surface area contributed by atoms with Crippen LogP contribution in [0.1, 0.15) is 45.4 Å². The average Bonchev–Trinajstić information content (AvgIpc) is 2.84. The molecule has 0 spiro atoms. The van der Waals surface area contributed by atoms with Gasteiger partial charge in [-0.2, -0.15) is 0 Å². The van der Waals surface area contributed by atoms with E-state index in [1.807, 2.05) is 0 Å².